The highest BCUT2D eigenvalue weighted by Gasteiger charge is 2.43. The van der Waals surface area contributed by atoms with E-state index in [1.807, 2.05) is 30.3 Å². The number of hydrogen-bond donors (Lipinski definition) is 3. The molecule has 0 unspecified atom stereocenters. The molecule has 2 aromatic rings. The number of rotatable bonds is 4. The van der Waals surface area contributed by atoms with Gasteiger partial charge < -0.3 is 15.7 Å². The highest BCUT2D eigenvalue weighted by Crippen LogP contribution is 2.31. The lowest BCUT2D eigenvalue weighted by atomic mass is 9.79. The van der Waals surface area contributed by atoms with Crippen LogP contribution >= 0.6 is 12.4 Å². The first-order valence-corrected chi connectivity index (χ1v) is 8.03. The first kappa shape index (κ1) is 20.3. The summed E-state index contributed by atoms with van der Waals surface area (Å²) >= 11 is 0. The van der Waals surface area contributed by atoms with Crippen LogP contribution in [0.5, 0.6) is 0 Å². The Morgan fingerprint density at radius 1 is 1.42 bits per heavy atom. The maximum absolute atomic E-state index is 12.8. The third kappa shape index (κ3) is 3.72. The number of piperidine rings is 1. The summed E-state index contributed by atoms with van der Waals surface area (Å²) in [5.41, 5.74) is -0.643. The van der Waals surface area contributed by atoms with E-state index in [0.29, 0.717) is 19.5 Å². The molecule has 1 amide bonds. The molecule has 1 aliphatic heterocycles. The van der Waals surface area contributed by atoms with Crippen LogP contribution < -0.4 is 10.6 Å². The van der Waals surface area contributed by atoms with Crippen molar-refractivity contribution in [3.63, 3.8) is 0 Å². The van der Waals surface area contributed by atoms with E-state index in [1.165, 1.54) is 7.05 Å². The Morgan fingerprint density at radius 2 is 2.12 bits per heavy atom. The van der Waals surface area contributed by atoms with Crippen molar-refractivity contribution in [3.05, 3.63) is 53.3 Å². The number of nitrogens with one attached hydrogen (secondary N) is 2. The largest absolute Gasteiger partial charge is 0.389 e. The molecule has 142 valence electrons. The van der Waals surface area contributed by atoms with Crippen molar-refractivity contribution in [2.75, 3.05) is 13.1 Å². The summed E-state index contributed by atoms with van der Waals surface area (Å²) in [6.45, 7) is 0.933. The predicted octanol–water partition coefficient (Wildman–Crippen LogP) is 1.76. The summed E-state index contributed by atoms with van der Waals surface area (Å²) in [7, 11) is 1.44. The molecule has 0 spiro atoms. The van der Waals surface area contributed by atoms with Crippen molar-refractivity contribution in [1.82, 2.24) is 20.4 Å². The van der Waals surface area contributed by atoms with E-state index < -0.39 is 29.7 Å². The van der Waals surface area contributed by atoms with Gasteiger partial charge in [-0.3, -0.25) is 9.48 Å². The van der Waals surface area contributed by atoms with E-state index in [9.17, 15) is 18.7 Å². The molecule has 3 rings (SSSR count). The number of hydrogen-bond acceptors (Lipinski definition) is 4. The summed E-state index contributed by atoms with van der Waals surface area (Å²) in [4.78, 5) is 12.7. The minimum atomic E-state index is -2.75. The van der Waals surface area contributed by atoms with E-state index in [1.54, 1.807) is 0 Å². The van der Waals surface area contributed by atoms with Gasteiger partial charge in [0, 0.05) is 13.6 Å². The van der Waals surface area contributed by atoms with Gasteiger partial charge in [-0.15, -0.1) is 12.4 Å². The van der Waals surface area contributed by atoms with E-state index in [0.717, 1.165) is 16.3 Å². The maximum Gasteiger partial charge on any atom is 0.282 e. The molecule has 1 aliphatic rings. The monoisotopic (exact) mass is 386 g/mol. The molecule has 1 aromatic carbocycles. The number of β-amino-alcohol motifs (C(OH)–C–C–N with tert-alkyl or cyclic N) is 1. The molecular formula is C17H21ClF2N4O2. The van der Waals surface area contributed by atoms with Gasteiger partial charge >= 0.3 is 0 Å². The van der Waals surface area contributed by atoms with Crippen molar-refractivity contribution < 1.29 is 18.7 Å². The number of carbonyl (C=O) groups is 1. The standard InChI is InChI=1S/C17H20F2N4O2.ClH/c1-23-13(9-12(22-23)15(18)19)16(25)21-17(7-8-20-10-14(17)24)11-5-3-2-4-6-11;/h2-6,9,14-15,20,24H,7-8,10H2,1H3,(H,21,25);1H/t14-,17+;/m1./s1. The van der Waals surface area contributed by atoms with Crippen LogP contribution in [0, 0.1) is 0 Å². The average molecular weight is 387 g/mol. The third-order valence-corrected chi connectivity index (χ3v) is 4.58. The van der Waals surface area contributed by atoms with Crippen molar-refractivity contribution in [2.24, 2.45) is 7.05 Å². The smallest absolute Gasteiger partial charge is 0.282 e. The molecule has 6 nitrogen and oxygen atoms in total. The number of halogens is 3. The van der Waals surface area contributed by atoms with Crippen molar-refractivity contribution in [2.45, 2.75) is 24.5 Å². The normalized spacial score (nSPS) is 22.7. The molecule has 2 atom stereocenters. The fourth-order valence-corrected chi connectivity index (χ4v) is 3.23. The number of aliphatic hydroxyl groups is 1. The van der Waals surface area contributed by atoms with Crippen molar-refractivity contribution >= 4 is 18.3 Å². The third-order valence-electron chi connectivity index (χ3n) is 4.58. The van der Waals surface area contributed by atoms with Crippen LogP contribution in [-0.2, 0) is 12.6 Å². The molecule has 0 radical (unpaired) electrons. The molecule has 1 aromatic heterocycles. The van der Waals surface area contributed by atoms with E-state index in [2.05, 4.69) is 15.7 Å². The van der Waals surface area contributed by atoms with Crippen LogP contribution in [0.1, 0.15) is 34.6 Å². The van der Waals surface area contributed by atoms with Gasteiger partial charge in [0.2, 0.25) is 0 Å². The Bertz CT molecular complexity index is 756. The Balaban J connectivity index is 0.00000243. The first-order chi connectivity index (χ1) is 11.9. The van der Waals surface area contributed by atoms with Crippen LogP contribution in [-0.4, -0.2) is 40.0 Å². The molecule has 3 N–H and O–H groups in total. The maximum atomic E-state index is 12.8. The SMILES string of the molecule is Cl.Cn1nc(C(F)F)cc1C(=O)N[C@]1(c2ccccc2)CCNC[C@H]1O. The van der Waals surface area contributed by atoms with Crippen LogP contribution in [0.4, 0.5) is 8.78 Å². The molecule has 0 bridgehead atoms. The predicted molar refractivity (Wildman–Crippen MR) is 94.5 cm³/mol. The van der Waals surface area contributed by atoms with Gasteiger partial charge in [-0.25, -0.2) is 8.78 Å². The number of aliphatic hydroxyl groups excluding tert-OH is 1. The van der Waals surface area contributed by atoms with Crippen LogP contribution in [0.15, 0.2) is 36.4 Å². The van der Waals surface area contributed by atoms with Crippen molar-refractivity contribution in [3.8, 4) is 0 Å². The molecule has 0 aliphatic carbocycles. The van der Waals surface area contributed by atoms with Crippen LogP contribution in [0.3, 0.4) is 0 Å². The van der Waals surface area contributed by atoms with Gasteiger partial charge in [-0.1, -0.05) is 30.3 Å². The zero-order valence-corrected chi connectivity index (χ0v) is 15.0. The summed E-state index contributed by atoms with van der Waals surface area (Å²) < 4.78 is 26.8. The minimum Gasteiger partial charge on any atom is -0.389 e. The Labute approximate surface area is 156 Å². The van der Waals surface area contributed by atoms with Gasteiger partial charge in [0.05, 0.1) is 11.6 Å². The average Bonchev–Trinajstić information content (AvgIpc) is 3.00. The molecule has 0 saturated carbocycles. The molecule has 2 heterocycles. The second kappa shape index (κ2) is 8.11. The Kier molecular flexibility index (Phi) is 6.33. The number of aryl methyl sites for hydroxylation is 1. The van der Waals surface area contributed by atoms with Gasteiger partial charge in [-0.05, 0) is 24.6 Å². The summed E-state index contributed by atoms with van der Waals surface area (Å²) in [5.74, 6) is -0.549. The highest BCUT2D eigenvalue weighted by atomic mass is 35.5. The number of aromatic nitrogens is 2. The van der Waals surface area contributed by atoms with Gasteiger partial charge in [0.25, 0.3) is 12.3 Å². The number of amides is 1. The first-order valence-electron chi connectivity index (χ1n) is 8.03. The number of benzene rings is 1. The van der Waals surface area contributed by atoms with Crippen LogP contribution in [0.2, 0.25) is 0 Å². The second-order valence-corrected chi connectivity index (χ2v) is 6.14. The second-order valence-electron chi connectivity index (χ2n) is 6.14. The lowest BCUT2D eigenvalue weighted by Crippen LogP contribution is -2.61. The molecule has 1 saturated heterocycles. The molecule has 1 fully saturated rings. The van der Waals surface area contributed by atoms with Crippen LogP contribution in [0.25, 0.3) is 0 Å². The lowest BCUT2D eigenvalue weighted by Gasteiger charge is -2.42. The topological polar surface area (TPSA) is 79.2 Å². The van der Waals surface area contributed by atoms with Crippen molar-refractivity contribution in [1.29, 1.82) is 0 Å². The quantitative estimate of drug-likeness (QED) is 0.748. The lowest BCUT2D eigenvalue weighted by molar-refractivity contribution is 0.0286. The summed E-state index contributed by atoms with van der Waals surface area (Å²) in [5, 5.41) is 20.2. The fraction of sp³-hybridized carbons (Fsp3) is 0.412. The van der Waals surface area contributed by atoms with E-state index >= 15 is 0 Å². The van der Waals surface area contributed by atoms with E-state index in [-0.39, 0.29) is 18.1 Å². The minimum absolute atomic E-state index is 0. The fourth-order valence-electron chi connectivity index (χ4n) is 3.23. The summed E-state index contributed by atoms with van der Waals surface area (Å²) in [6, 6.07) is 10.3. The number of carbonyl (C=O) groups excluding carboxylic acids is 1. The zero-order valence-electron chi connectivity index (χ0n) is 14.2. The zero-order chi connectivity index (χ0) is 18.0. The Hall–Kier alpha value is -2.03. The molecular weight excluding hydrogens is 366 g/mol. The van der Waals surface area contributed by atoms with Gasteiger partial charge in [0.1, 0.15) is 11.4 Å². The highest BCUT2D eigenvalue weighted by molar-refractivity contribution is 5.93. The molecule has 26 heavy (non-hydrogen) atoms. The van der Waals surface area contributed by atoms with E-state index in [4.69, 9.17) is 0 Å². The van der Waals surface area contributed by atoms with Gasteiger partial charge in [0.15, 0.2) is 0 Å². The Morgan fingerprint density at radius 3 is 2.69 bits per heavy atom. The number of alkyl halides is 2. The number of nitrogens with zero attached hydrogens (tertiary/aromatic N) is 2. The molecule has 9 heteroatoms. The summed E-state index contributed by atoms with van der Waals surface area (Å²) in [6.07, 6.45) is -3.13. The van der Waals surface area contributed by atoms with Gasteiger partial charge in [-0.2, -0.15) is 5.10 Å².